The van der Waals surface area contributed by atoms with Crippen molar-refractivity contribution in [3.8, 4) is 11.8 Å². The third kappa shape index (κ3) is 4.87. The molecule has 2 heterocycles. The first kappa shape index (κ1) is 27.2. The molecule has 37 heavy (non-hydrogen) atoms. The predicted octanol–water partition coefficient (Wildman–Crippen LogP) is 4.38. The summed E-state index contributed by atoms with van der Waals surface area (Å²) in [7, 11) is 0. The number of ether oxygens (including phenoxy) is 1. The lowest BCUT2D eigenvalue weighted by Gasteiger charge is -2.63. The van der Waals surface area contributed by atoms with Crippen LogP contribution in [0.1, 0.15) is 62.5 Å². The molecule has 1 aliphatic carbocycles. The standard InChI is InChI=1S/C28H36ClN5O3/c1-16-14-34(10-9-19(16)15-35)26-31-12-20(13-32-26)23(36)33-24-27(3,4)25(28(24,5)6)37-21-8-7-18(11-30)22(29)17(21)2/h7-8,12-13,16,19,24-25,35H,9-10,14-15H2,1-6H3,(H,33,36)/t16-,19+,24?,25?/m0/s1. The highest BCUT2D eigenvalue weighted by atomic mass is 35.5. The molecule has 0 bridgehead atoms. The molecular weight excluding hydrogens is 490 g/mol. The smallest absolute Gasteiger partial charge is 0.254 e. The molecule has 1 aromatic heterocycles. The molecule has 1 saturated carbocycles. The van der Waals surface area contributed by atoms with Gasteiger partial charge >= 0.3 is 0 Å². The van der Waals surface area contributed by atoms with Gasteiger partial charge < -0.3 is 20.1 Å². The number of amides is 1. The number of aliphatic hydroxyl groups is 1. The van der Waals surface area contributed by atoms with Crippen LogP contribution in [0.5, 0.6) is 5.75 Å². The van der Waals surface area contributed by atoms with Gasteiger partial charge in [0.25, 0.3) is 5.91 Å². The zero-order valence-electron chi connectivity index (χ0n) is 22.4. The number of hydrogen-bond donors (Lipinski definition) is 2. The van der Waals surface area contributed by atoms with Gasteiger partial charge in [0.2, 0.25) is 5.95 Å². The lowest BCUT2D eigenvalue weighted by Crippen LogP contribution is -2.74. The summed E-state index contributed by atoms with van der Waals surface area (Å²) in [6, 6.07) is 5.39. The topological polar surface area (TPSA) is 111 Å². The monoisotopic (exact) mass is 525 g/mol. The van der Waals surface area contributed by atoms with E-state index in [4.69, 9.17) is 16.3 Å². The van der Waals surface area contributed by atoms with Crippen molar-refractivity contribution in [2.45, 2.75) is 60.1 Å². The van der Waals surface area contributed by atoms with Gasteiger partial charge in [0.15, 0.2) is 0 Å². The Hall–Kier alpha value is -2.89. The van der Waals surface area contributed by atoms with Gasteiger partial charge in [-0.05, 0) is 37.3 Å². The number of rotatable bonds is 6. The van der Waals surface area contributed by atoms with Crippen molar-refractivity contribution in [2.24, 2.45) is 22.7 Å². The minimum absolute atomic E-state index is 0.148. The van der Waals surface area contributed by atoms with Gasteiger partial charge in [-0.2, -0.15) is 5.26 Å². The largest absolute Gasteiger partial charge is 0.489 e. The number of anilines is 1. The fourth-order valence-electron chi connectivity index (χ4n) is 6.27. The Labute approximate surface area is 224 Å². The maximum atomic E-state index is 13.2. The van der Waals surface area contributed by atoms with E-state index in [1.807, 2.05) is 6.92 Å². The van der Waals surface area contributed by atoms with Crippen LogP contribution in [0.25, 0.3) is 0 Å². The predicted molar refractivity (Wildman–Crippen MR) is 143 cm³/mol. The molecule has 4 rings (SSSR count). The summed E-state index contributed by atoms with van der Waals surface area (Å²) in [4.78, 5) is 24.2. The van der Waals surface area contributed by atoms with E-state index in [2.05, 4.69) is 60.9 Å². The first-order valence-corrected chi connectivity index (χ1v) is 13.1. The summed E-state index contributed by atoms with van der Waals surface area (Å²) in [5.41, 5.74) is 0.834. The summed E-state index contributed by atoms with van der Waals surface area (Å²) in [6.45, 7) is 14.0. The van der Waals surface area contributed by atoms with Crippen LogP contribution in [0.2, 0.25) is 5.02 Å². The molecule has 0 spiro atoms. The molecule has 1 amide bonds. The molecule has 9 heteroatoms. The molecule has 2 aromatic rings. The van der Waals surface area contributed by atoms with Crippen molar-refractivity contribution in [2.75, 3.05) is 24.6 Å². The minimum atomic E-state index is -0.361. The third-order valence-corrected chi connectivity index (χ3v) is 8.80. The Morgan fingerprint density at radius 1 is 1.27 bits per heavy atom. The third-order valence-electron chi connectivity index (χ3n) is 8.32. The highest BCUT2D eigenvalue weighted by molar-refractivity contribution is 6.32. The van der Waals surface area contributed by atoms with E-state index in [-0.39, 0.29) is 35.5 Å². The fourth-order valence-corrected chi connectivity index (χ4v) is 6.47. The molecule has 0 radical (unpaired) electrons. The van der Waals surface area contributed by atoms with Crippen LogP contribution in [0.4, 0.5) is 5.95 Å². The molecule has 8 nitrogen and oxygen atoms in total. The number of nitrogens with one attached hydrogen (secondary N) is 1. The Balaban J connectivity index is 1.43. The number of nitrogens with zero attached hydrogens (tertiary/aromatic N) is 4. The highest BCUT2D eigenvalue weighted by Gasteiger charge is 2.64. The van der Waals surface area contributed by atoms with Gasteiger partial charge in [-0.1, -0.05) is 46.2 Å². The van der Waals surface area contributed by atoms with E-state index in [9.17, 15) is 15.2 Å². The molecule has 1 aliphatic heterocycles. The van der Waals surface area contributed by atoms with Crippen LogP contribution < -0.4 is 15.0 Å². The summed E-state index contributed by atoms with van der Waals surface area (Å²) >= 11 is 6.35. The van der Waals surface area contributed by atoms with Gasteiger partial charge in [-0.15, -0.1) is 0 Å². The zero-order valence-corrected chi connectivity index (χ0v) is 23.1. The van der Waals surface area contributed by atoms with Crippen LogP contribution in [0.3, 0.4) is 0 Å². The van der Waals surface area contributed by atoms with Crippen molar-refractivity contribution >= 4 is 23.5 Å². The summed E-state index contributed by atoms with van der Waals surface area (Å²) in [5, 5.41) is 22.3. The number of aliphatic hydroxyl groups excluding tert-OH is 1. The summed E-state index contributed by atoms with van der Waals surface area (Å²) < 4.78 is 6.43. The fraction of sp³-hybridized carbons (Fsp3) is 0.571. The first-order chi connectivity index (χ1) is 17.4. The van der Waals surface area contributed by atoms with Crippen molar-refractivity contribution in [1.29, 1.82) is 5.26 Å². The van der Waals surface area contributed by atoms with Crippen molar-refractivity contribution < 1.29 is 14.6 Å². The average molecular weight is 526 g/mol. The summed E-state index contributed by atoms with van der Waals surface area (Å²) in [5.74, 6) is 1.69. The maximum absolute atomic E-state index is 13.2. The van der Waals surface area contributed by atoms with Crippen LogP contribution in [-0.4, -0.2) is 52.8 Å². The van der Waals surface area contributed by atoms with E-state index in [0.29, 0.717) is 39.7 Å². The highest BCUT2D eigenvalue weighted by Crippen LogP contribution is 2.56. The Morgan fingerprint density at radius 3 is 2.49 bits per heavy atom. The second-order valence-electron chi connectivity index (χ2n) is 11.6. The molecule has 2 aliphatic rings. The van der Waals surface area contributed by atoms with E-state index in [1.54, 1.807) is 24.5 Å². The normalized spacial score (nSPS) is 26.1. The number of carbonyl (C=O) groups excluding carboxylic acids is 1. The average Bonchev–Trinajstić information content (AvgIpc) is 2.87. The van der Waals surface area contributed by atoms with E-state index in [1.165, 1.54) is 0 Å². The number of benzene rings is 1. The zero-order chi connectivity index (χ0) is 27.1. The van der Waals surface area contributed by atoms with E-state index >= 15 is 0 Å². The number of hydrogen-bond acceptors (Lipinski definition) is 7. The van der Waals surface area contributed by atoms with Gasteiger partial charge in [-0.3, -0.25) is 4.79 Å². The van der Waals surface area contributed by atoms with Crippen LogP contribution >= 0.6 is 11.6 Å². The van der Waals surface area contributed by atoms with Gasteiger partial charge in [0, 0.05) is 54.5 Å². The molecule has 1 aromatic carbocycles. The van der Waals surface area contributed by atoms with Gasteiger partial charge in [-0.25, -0.2) is 9.97 Å². The quantitative estimate of drug-likeness (QED) is 0.575. The van der Waals surface area contributed by atoms with Gasteiger partial charge in [0.1, 0.15) is 17.9 Å². The minimum Gasteiger partial charge on any atom is -0.489 e. The lowest BCUT2D eigenvalue weighted by molar-refractivity contribution is -0.164. The van der Waals surface area contributed by atoms with Crippen LogP contribution in [0, 0.1) is 40.9 Å². The second kappa shape index (κ2) is 10.1. The molecule has 2 fully saturated rings. The number of carbonyl (C=O) groups is 1. The van der Waals surface area contributed by atoms with Crippen LogP contribution in [0.15, 0.2) is 24.5 Å². The first-order valence-electron chi connectivity index (χ1n) is 12.8. The molecule has 2 atom stereocenters. The van der Waals surface area contributed by atoms with Crippen molar-refractivity contribution in [1.82, 2.24) is 15.3 Å². The molecule has 0 unspecified atom stereocenters. The maximum Gasteiger partial charge on any atom is 0.254 e. The Kier molecular flexibility index (Phi) is 7.42. The van der Waals surface area contributed by atoms with Crippen molar-refractivity contribution in [3.05, 3.63) is 46.2 Å². The van der Waals surface area contributed by atoms with Crippen LogP contribution in [-0.2, 0) is 0 Å². The lowest BCUT2D eigenvalue weighted by atomic mass is 9.49. The second-order valence-corrected chi connectivity index (χ2v) is 12.0. The molecule has 198 valence electrons. The molecule has 2 N–H and O–H groups in total. The SMILES string of the molecule is Cc1c(OC2C(C)(C)C(NC(=O)c3cnc(N4CC[C@H](CO)[C@@H](C)C4)nc3)C2(C)C)ccc(C#N)c1Cl. The van der Waals surface area contributed by atoms with E-state index in [0.717, 1.165) is 25.1 Å². The number of halogens is 1. The Morgan fingerprint density at radius 2 is 1.92 bits per heavy atom. The number of piperidine rings is 1. The molecular formula is C28H36ClN5O3. The van der Waals surface area contributed by atoms with Crippen molar-refractivity contribution in [3.63, 3.8) is 0 Å². The van der Waals surface area contributed by atoms with Gasteiger partial charge in [0.05, 0.1) is 16.1 Å². The van der Waals surface area contributed by atoms with E-state index < -0.39 is 0 Å². The number of aromatic nitrogens is 2. The molecule has 1 saturated heterocycles. The number of nitriles is 1. The summed E-state index contributed by atoms with van der Waals surface area (Å²) in [6.07, 6.45) is 3.87. The Bertz CT molecular complexity index is 1190.